The van der Waals surface area contributed by atoms with Crippen LogP contribution in [-0.2, 0) is 16.1 Å². The predicted molar refractivity (Wildman–Crippen MR) is 109 cm³/mol. The molecule has 0 aliphatic heterocycles. The fraction of sp³-hybridized carbons (Fsp3) is 0.273. The molecule has 0 amide bonds. The van der Waals surface area contributed by atoms with E-state index in [4.69, 9.17) is 4.74 Å². The molecule has 3 aromatic rings. The molecule has 0 spiro atoms. The van der Waals surface area contributed by atoms with Gasteiger partial charge in [0.15, 0.2) is 6.10 Å². The zero-order valence-electron chi connectivity index (χ0n) is 16.7. The molecule has 0 aliphatic rings. The molecule has 3 rings (SSSR count). The van der Waals surface area contributed by atoms with E-state index in [1.807, 2.05) is 26.8 Å². The molecule has 1 aromatic heterocycles. The van der Waals surface area contributed by atoms with Gasteiger partial charge in [0.1, 0.15) is 6.54 Å². The normalized spacial score (nSPS) is 12.0. The van der Waals surface area contributed by atoms with Crippen LogP contribution in [0.5, 0.6) is 0 Å². The number of aromatic nitrogens is 2. The summed E-state index contributed by atoms with van der Waals surface area (Å²) in [5.74, 6) is -1.11. The summed E-state index contributed by atoms with van der Waals surface area (Å²) in [5.41, 5.74) is 2.34. The average molecular weight is 394 g/mol. The average Bonchev–Trinajstić information content (AvgIpc) is 2.68. The standard InChI is InChI=1S/C22H22N2O5/c1-12-9-14(3)18(10-13(12)2)20(26)15(4)29-19(25)11-24-22(28)17-8-6-5-7-16(17)21(27)23-24/h5-10,15H,11H2,1-4H3,(H,23,27). The Morgan fingerprint density at radius 2 is 1.62 bits per heavy atom. The molecule has 29 heavy (non-hydrogen) atoms. The Labute approximate surface area is 166 Å². The van der Waals surface area contributed by atoms with Crippen molar-refractivity contribution in [3.63, 3.8) is 0 Å². The number of fused-ring (bicyclic) bond motifs is 1. The molecule has 0 saturated heterocycles. The number of aryl methyl sites for hydroxylation is 3. The van der Waals surface area contributed by atoms with E-state index in [0.29, 0.717) is 5.56 Å². The molecule has 7 nitrogen and oxygen atoms in total. The van der Waals surface area contributed by atoms with Crippen LogP contribution in [0.4, 0.5) is 0 Å². The molecular formula is C22H22N2O5. The molecule has 2 aromatic carbocycles. The number of hydrogen-bond donors (Lipinski definition) is 1. The van der Waals surface area contributed by atoms with E-state index in [0.717, 1.165) is 21.4 Å². The number of ether oxygens (including phenoxy) is 1. The monoisotopic (exact) mass is 394 g/mol. The highest BCUT2D eigenvalue weighted by molar-refractivity contribution is 6.01. The minimum atomic E-state index is -1.02. The number of Topliss-reactive ketones (excluding diaryl/α,β-unsaturated/α-hetero) is 1. The lowest BCUT2D eigenvalue weighted by Gasteiger charge is -2.15. The number of nitrogens with one attached hydrogen (secondary N) is 1. The van der Waals surface area contributed by atoms with Gasteiger partial charge in [-0.15, -0.1) is 0 Å². The van der Waals surface area contributed by atoms with Crippen molar-refractivity contribution in [1.29, 1.82) is 0 Å². The van der Waals surface area contributed by atoms with E-state index in [2.05, 4.69) is 5.10 Å². The Balaban J connectivity index is 1.79. The SMILES string of the molecule is Cc1cc(C)c(C(=O)C(C)OC(=O)Cn2[nH]c(=O)c3ccccc3c2=O)cc1C. The minimum Gasteiger partial charge on any atom is -0.453 e. The Morgan fingerprint density at radius 1 is 1.00 bits per heavy atom. The number of aromatic amines is 1. The van der Waals surface area contributed by atoms with Crippen LogP contribution in [0.3, 0.4) is 0 Å². The summed E-state index contributed by atoms with van der Waals surface area (Å²) < 4.78 is 6.13. The number of rotatable bonds is 5. The summed E-state index contributed by atoms with van der Waals surface area (Å²) >= 11 is 0. The maximum absolute atomic E-state index is 12.7. The second-order valence-corrected chi connectivity index (χ2v) is 7.13. The van der Waals surface area contributed by atoms with Gasteiger partial charge in [0.25, 0.3) is 11.1 Å². The first-order valence-electron chi connectivity index (χ1n) is 9.22. The van der Waals surface area contributed by atoms with Crippen molar-refractivity contribution in [2.45, 2.75) is 40.3 Å². The second-order valence-electron chi connectivity index (χ2n) is 7.13. The van der Waals surface area contributed by atoms with Crippen LogP contribution in [-0.4, -0.2) is 27.6 Å². The van der Waals surface area contributed by atoms with E-state index in [-0.39, 0.29) is 16.6 Å². The first-order valence-corrected chi connectivity index (χ1v) is 9.22. The van der Waals surface area contributed by atoms with Gasteiger partial charge in [-0.25, -0.2) is 4.68 Å². The van der Waals surface area contributed by atoms with Crippen molar-refractivity contribution in [2.75, 3.05) is 0 Å². The van der Waals surface area contributed by atoms with Gasteiger partial charge in [-0.2, -0.15) is 0 Å². The van der Waals surface area contributed by atoms with Crippen LogP contribution in [0.25, 0.3) is 10.8 Å². The van der Waals surface area contributed by atoms with Gasteiger partial charge >= 0.3 is 5.97 Å². The molecular weight excluding hydrogens is 372 g/mol. The summed E-state index contributed by atoms with van der Waals surface area (Å²) in [6.45, 7) is 6.68. The smallest absolute Gasteiger partial charge is 0.328 e. The van der Waals surface area contributed by atoms with Gasteiger partial charge in [0.2, 0.25) is 5.78 Å². The van der Waals surface area contributed by atoms with Crippen molar-refractivity contribution in [2.24, 2.45) is 0 Å². The molecule has 0 bridgehead atoms. The first-order chi connectivity index (χ1) is 13.7. The largest absolute Gasteiger partial charge is 0.453 e. The van der Waals surface area contributed by atoms with Gasteiger partial charge in [-0.3, -0.25) is 24.3 Å². The lowest BCUT2D eigenvalue weighted by atomic mass is 9.96. The molecule has 1 unspecified atom stereocenters. The highest BCUT2D eigenvalue weighted by atomic mass is 16.5. The molecule has 7 heteroatoms. The maximum atomic E-state index is 12.7. The molecule has 1 heterocycles. The van der Waals surface area contributed by atoms with Crippen LogP contribution in [0.15, 0.2) is 46.0 Å². The fourth-order valence-electron chi connectivity index (χ4n) is 3.22. The van der Waals surface area contributed by atoms with Crippen LogP contribution in [0.2, 0.25) is 0 Å². The summed E-state index contributed by atoms with van der Waals surface area (Å²) in [4.78, 5) is 49.6. The van der Waals surface area contributed by atoms with Gasteiger partial charge in [-0.05, 0) is 62.6 Å². The second kappa shape index (κ2) is 7.87. The number of nitrogens with zero attached hydrogens (tertiary/aromatic N) is 1. The number of benzene rings is 2. The van der Waals surface area contributed by atoms with E-state index in [1.165, 1.54) is 19.1 Å². The zero-order chi connectivity index (χ0) is 21.3. The Bertz CT molecular complexity index is 1240. The molecule has 150 valence electrons. The molecule has 0 fully saturated rings. The number of ketones is 1. The van der Waals surface area contributed by atoms with Crippen molar-refractivity contribution in [1.82, 2.24) is 9.78 Å². The lowest BCUT2D eigenvalue weighted by Crippen LogP contribution is -2.34. The van der Waals surface area contributed by atoms with Crippen molar-refractivity contribution >= 4 is 22.5 Å². The summed E-state index contributed by atoms with van der Waals surface area (Å²) in [7, 11) is 0. The first kappa shape index (κ1) is 20.3. The highest BCUT2D eigenvalue weighted by Crippen LogP contribution is 2.18. The molecule has 0 radical (unpaired) electrons. The van der Waals surface area contributed by atoms with Gasteiger partial charge in [0, 0.05) is 5.56 Å². The molecule has 0 aliphatic carbocycles. The lowest BCUT2D eigenvalue weighted by molar-refractivity contribution is -0.147. The third kappa shape index (κ3) is 4.03. The molecule has 1 N–H and O–H groups in total. The topological polar surface area (TPSA) is 98.2 Å². The Hall–Kier alpha value is -3.48. The number of esters is 1. The van der Waals surface area contributed by atoms with Crippen LogP contribution >= 0.6 is 0 Å². The number of carbonyl (C=O) groups is 2. The van der Waals surface area contributed by atoms with E-state index < -0.39 is 29.7 Å². The van der Waals surface area contributed by atoms with Gasteiger partial charge in [-0.1, -0.05) is 18.2 Å². The summed E-state index contributed by atoms with van der Waals surface area (Å²) in [5, 5.41) is 2.82. The van der Waals surface area contributed by atoms with Crippen molar-refractivity contribution in [3.8, 4) is 0 Å². The summed E-state index contributed by atoms with van der Waals surface area (Å²) in [6, 6.07) is 10.0. The number of carbonyl (C=O) groups excluding carboxylic acids is 2. The highest BCUT2D eigenvalue weighted by Gasteiger charge is 2.22. The van der Waals surface area contributed by atoms with Crippen molar-refractivity contribution in [3.05, 3.63) is 79.4 Å². The maximum Gasteiger partial charge on any atom is 0.328 e. The fourth-order valence-corrected chi connectivity index (χ4v) is 3.22. The van der Waals surface area contributed by atoms with Gasteiger partial charge < -0.3 is 4.74 Å². The van der Waals surface area contributed by atoms with Crippen LogP contribution in [0, 0.1) is 20.8 Å². The Morgan fingerprint density at radius 3 is 2.31 bits per heavy atom. The van der Waals surface area contributed by atoms with Crippen molar-refractivity contribution < 1.29 is 14.3 Å². The van der Waals surface area contributed by atoms with E-state index in [1.54, 1.807) is 18.2 Å². The number of hydrogen-bond acceptors (Lipinski definition) is 5. The summed E-state index contributed by atoms with van der Waals surface area (Å²) in [6.07, 6.45) is -1.02. The van der Waals surface area contributed by atoms with Crippen LogP contribution in [0.1, 0.15) is 34.0 Å². The minimum absolute atomic E-state index is 0.207. The molecule has 0 saturated carbocycles. The number of H-pyrrole nitrogens is 1. The van der Waals surface area contributed by atoms with E-state index in [9.17, 15) is 19.2 Å². The Kier molecular flexibility index (Phi) is 5.50. The zero-order valence-corrected chi connectivity index (χ0v) is 16.7. The van der Waals surface area contributed by atoms with E-state index >= 15 is 0 Å². The molecule has 1 atom stereocenters. The van der Waals surface area contributed by atoms with Crippen LogP contribution < -0.4 is 11.1 Å². The predicted octanol–water partition coefficient (Wildman–Crippen LogP) is 2.43. The third-order valence-electron chi connectivity index (χ3n) is 4.95. The van der Waals surface area contributed by atoms with Gasteiger partial charge in [0.05, 0.1) is 10.8 Å². The third-order valence-corrected chi connectivity index (χ3v) is 4.95. The quantitative estimate of drug-likeness (QED) is 0.529.